The van der Waals surface area contributed by atoms with Gasteiger partial charge in [-0.15, -0.1) is 0 Å². The molecule has 0 aromatic heterocycles. The highest BCUT2D eigenvalue weighted by molar-refractivity contribution is 5.38. The third kappa shape index (κ3) is 2.80. The summed E-state index contributed by atoms with van der Waals surface area (Å²) in [5.74, 6) is 0.960. The molecular formula is C15H13NO2. The van der Waals surface area contributed by atoms with Crippen molar-refractivity contribution >= 4 is 0 Å². The fourth-order valence-corrected chi connectivity index (χ4v) is 1.62. The third-order valence-electron chi connectivity index (χ3n) is 2.63. The van der Waals surface area contributed by atoms with E-state index in [4.69, 9.17) is 10.00 Å². The number of hydrogen-bond acceptors (Lipinski definition) is 3. The van der Waals surface area contributed by atoms with Crippen LogP contribution in [0.1, 0.15) is 16.7 Å². The number of rotatable bonds is 3. The summed E-state index contributed by atoms with van der Waals surface area (Å²) in [5.41, 5.74) is 2.34. The molecule has 0 fully saturated rings. The minimum Gasteiger partial charge on any atom is -0.508 e. The summed E-state index contributed by atoms with van der Waals surface area (Å²) < 4.78 is 5.61. The van der Waals surface area contributed by atoms with Crippen LogP contribution in [0.5, 0.6) is 11.5 Å². The number of aryl methyl sites for hydroxylation is 1. The van der Waals surface area contributed by atoms with Crippen molar-refractivity contribution in [1.29, 1.82) is 5.26 Å². The van der Waals surface area contributed by atoms with Crippen LogP contribution in [-0.2, 0) is 6.61 Å². The molecule has 18 heavy (non-hydrogen) atoms. The molecule has 0 saturated heterocycles. The number of phenolic OH excluding ortho intramolecular Hbond substituents is 1. The number of hydrogen-bond donors (Lipinski definition) is 1. The van der Waals surface area contributed by atoms with E-state index in [0.29, 0.717) is 17.9 Å². The molecule has 2 aromatic carbocycles. The minimum absolute atomic E-state index is 0.258. The minimum atomic E-state index is 0.258. The van der Waals surface area contributed by atoms with Gasteiger partial charge in [-0.3, -0.25) is 0 Å². The highest BCUT2D eigenvalue weighted by atomic mass is 16.5. The Hall–Kier alpha value is -2.47. The highest BCUT2D eigenvalue weighted by Gasteiger charge is 2.00. The number of nitrogens with zero attached hydrogens (tertiary/aromatic N) is 1. The second-order valence-electron chi connectivity index (χ2n) is 4.05. The highest BCUT2D eigenvalue weighted by Crippen LogP contribution is 2.22. The van der Waals surface area contributed by atoms with Gasteiger partial charge in [-0.2, -0.15) is 5.26 Å². The summed E-state index contributed by atoms with van der Waals surface area (Å²) in [6.45, 7) is 2.22. The van der Waals surface area contributed by atoms with E-state index in [1.807, 2.05) is 19.1 Å². The van der Waals surface area contributed by atoms with Crippen LogP contribution in [-0.4, -0.2) is 5.11 Å². The van der Waals surface area contributed by atoms with Crippen LogP contribution in [0.2, 0.25) is 0 Å². The van der Waals surface area contributed by atoms with Crippen molar-refractivity contribution in [3.8, 4) is 17.6 Å². The van der Waals surface area contributed by atoms with Crippen LogP contribution < -0.4 is 4.74 Å². The molecule has 0 atom stereocenters. The van der Waals surface area contributed by atoms with Crippen LogP contribution in [0.4, 0.5) is 0 Å². The van der Waals surface area contributed by atoms with Crippen molar-refractivity contribution in [3.05, 3.63) is 59.2 Å². The van der Waals surface area contributed by atoms with Crippen LogP contribution in [0, 0.1) is 18.3 Å². The Morgan fingerprint density at radius 3 is 2.78 bits per heavy atom. The summed E-state index contributed by atoms with van der Waals surface area (Å²) in [5, 5.41) is 18.2. The van der Waals surface area contributed by atoms with Gasteiger partial charge in [-0.05, 0) is 48.4 Å². The van der Waals surface area contributed by atoms with Crippen molar-refractivity contribution in [2.24, 2.45) is 0 Å². The van der Waals surface area contributed by atoms with Gasteiger partial charge in [0.2, 0.25) is 0 Å². The second-order valence-corrected chi connectivity index (χ2v) is 4.05. The first-order chi connectivity index (χ1) is 8.69. The van der Waals surface area contributed by atoms with E-state index in [0.717, 1.165) is 11.1 Å². The Balaban J connectivity index is 2.07. The van der Waals surface area contributed by atoms with E-state index in [-0.39, 0.29) is 5.75 Å². The normalized spacial score (nSPS) is 9.78. The maximum absolute atomic E-state index is 9.41. The molecule has 2 rings (SSSR count). The third-order valence-corrected chi connectivity index (χ3v) is 2.63. The lowest BCUT2D eigenvalue weighted by molar-refractivity contribution is 0.305. The van der Waals surface area contributed by atoms with E-state index in [1.54, 1.807) is 30.3 Å². The molecule has 0 aliphatic heterocycles. The van der Waals surface area contributed by atoms with E-state index in [2.05, 4.69) is 6.07 Å². The zero-order chi connectivity index (χ0) is 13.0. The van der Waals surface area contributed by atoms with Crippen molar-refractivity contribution in [3.63, 3.8) is 0 Å². The SMILES string of the molecule is Cc1cc(OCc2cccc(C#N)c2)ccc1O. The molecular weight excluding hydrogens is 226 g/mol. The number of nitriles is 1. The molecule has 0 amide bonds. The Labute approximate surface area is 106 Å². The van der Waals surface area contributed by atoms with Gasteiger partial charge in [0.1, 0.15) is 18.1 Å². The van der Waals surface area contributed by atoms with Gasteiger partial charge in [0.15, 0.2) is 0 Å². The lowest BCUT2D eigenvalue weighted by Gasteiger charge is -2.08. The maximum atomic E-state index is 9.41. The fraction of sp³-hybridized carbons (Fsp3) is 0.133. The van der Waals surface area contributed by atoms with Gasteiger partial charge in [-0.25, -0.2) is 0 Å². The second kappa shape index (κ2) is 5.24. The molecule has 0 bridgehead atoms. The van der Waals surface area contributed by atoms with Crippen LogP contribution in [0.3, 0.4) is 0 Å². The van der Waals surface area contributed by atoms with E-state index in [9.17, 15) is 5.11 Å². The fourth-order valence-electron chi connectivity index (χ4n) is 1.62. The van der Waals surface area contributed by atoms with Gasteiger partial charge < -0.3 is 9.84 Å². The van der Waals surface area contributed by atoms with E-state index in [1.165, 1.54) is 0 Å². The summed E-state index contributed by atoms with van der Waals surface area (Å²) in [6, 6.07) is 14.5. The molecule has 3 nitrogen and oxygen atoms in total. The van der Waals surface area contributed by atoms with Gasteiger partial charge in [-0.1, -0.05) is 12.1 Å². The standard InChI is InChI=1S/C15H13NO2/c1-11-7-14(5-6-15(11)17)18-10-13-4-2-3-12(8-13)9-16/h2-8,17H,10H2,1H3. The summed E-state index contributed by atoms with van der Waals surface area (Å²) in [4.78, 5) is 0. The van der Waals surface area contributed by atoms with Crippen LogP contribution >= 0.6 is 0 Å². The monoisotopic (exact) mass is 239 g/mol. The Morgan fingerprint density at radius 1 is 1.22 bits per heavy atom. The lowest BCUT2D eigenvalue weighted by atomic mass is 10.1. The first kappa shape index (κ1) is 12.0. The molecule has 90 valence electrons. The van der Waals surface area contributed by atoms with Gasteiger partial charge in [0.25, 0.3) is 0 Å². The van der Waals surface area contributed by atoms with Crippen LogP contribution in [0.25, 0.3) is 0 Å². The van der Waals surface area contributed by atoms with E-state index < -0.39 is 0 Å². The largest absolute Gasteiger partial charge is 0.508 e. The Bertz CT molecular complexity index is 600. The van der Waals surface area contributed by atoms with Gasteiger partial charge in [0.05, 0.1) is 11.6 Å². The lowest BCUT2D eigenvalue weighted by Crippen LogP contribution is -1.96. The predicted octanol–water partition coefficient (Wildman–Crippen LogP) is 3.15. The average molecular weight is 239 g/mol. The smallest absolute Gasteiger partial charge is 0.120 e. The first-order valence-corrected chi connectivity index (χ1v) is 5.60. The molecule has 0 aliphatic carbocycles. The average Bonchev–Trinajstić information content (AvgIpc) is 2.40. The molecule has 0 radical (unpaired) electrons. The predicted molar refractivity (Wildman–Crippen MR) is 68.3 cm³/mol. The molecule has 0 unspecified atom stereocenters. The summed E-state index contributed by atoms with van der Waals surface area (Å²) in [7, 11) is 0. The maximum Gasteiger partial charge on any atom is 0.120 e. The Kier molecular flexibility index (Phi) is 3.49. The molecule has 0 spiro atoms. The van der Waals surface area contributed by atoms with Gasteiger partial charge >= 0.3 is 0 Å². The van der Waals surface area contributed by atoms with Crippen molar-refractivity contribution in [2.45, 2.75) is 13.5 Å². The molecule has 2 aromatic rings. The number of benzene rings is 2. The zero-order valence-corrected chi connectivity index (χ0v) is 10.1. The number of aromatic hydroxyl groups is 1. The molecule has 0 saturated carbocycles. The van der Waals surface area contributed by atoms with Gasteiger partial charge in [0, 0.05) is 0 Å². The zero-order valence-electron chi connectivity index (χ0n) is 10.1. The molecule has 0 aliphatic rings. The molecule has 1 N–H and O–H groups in total. The number of ether oxygens (including phenoxy) is 1. The topological polar surface area (TPSA) is 53.2 Å². The summed E-state index contributed by atoms with van der Waals surface area (Å²) >= 11 is 0. The Morgan fingerprint density at radius 2 is 2.06 bits per heavy atom. The molecule has 0 heterocycles. The van der Waals surface area contributed by atoms with Crippen LogP contribution in [0.15, 0.2) is 42.5 Å². The summed E-state index contributed by atoms with van der Waals surface area (Å²) in [6.07, 6.45) is 0. The first-order valence-electron chi connectivity index (χ1n) is 5.60. The quantitative estimate of drug-likeness (QED) is 0.895. The van der Waals surface area contributed by atoms with Crippen molar-refractivity contribution in [1.82, 2.24) is 0 Å². The van der Waals surface area contributed by atoms with E-state index >= 15 is 0 Å². The van der Waals surface area contributed by atoms with Crippen molar-refractivity contribution < 1.29 is 9.84 Å². The number of phenols is 1. The van der Waals surface area contributed by atoms with Crippen molar-refractivity contribution in [2.75, 3.05) is 0 Å². The molecule has 3 heteroatoms.